The van der Waals surface area contributed by atoms with Crippen LogP contribution in [-0.4, -0.2) is 31.0 Å². The lowest BCUT2D eigenvalue weighted by Gasteiger charge is -2.04. The van der Waals surface area contributed by atoms with E-state index in [-0.39, 0.29) is 5.91 Å². The number of anilines is 1. The minimum atomic E-state index is -0.161. The summed E-state index contributed by atoms with van der Waals surface area (Å²) in [4.78, 5) is 15.4. The Morgan fingerprint density at radius 3 is 2.87 bits per heavy atom. The summed E-state index contributed by atoms with van der Waals surface area (Å²) in [6.07, 6.45) is 2.37. The van der Waals surface area contributed by atoms with E-state index < -0.39 is 0 Å². The normalized spacial score (nSPS) is 9.93. The Labute approximate surface area is 89.1 Å². The van der Waals surface area contributed by atoms with Gasteiger partial charge in [-0.05, 0) is 32.1 Å². The quantitative estimate of drug-likeness (QED) is 0.595. The third-order valence-electron chi connectivity index (χ3n) is 1.91. The second-order valence-corrected chi connectivity index (χ2v) is 3.19. The molecule has 0 fully saturated rings. The maximum absolute atomic E-state index is 11.5. The van der Waals surface area contributed by atoms with Crippen molar-refractivity contribution in [3.63, 3.8) is 0 Å². The molecule has 0 saturated heterocycles. The summed E-state index contributed by atoms with van der Waals surface area (Å²) in [5.74, 6) is -0.161. The Kier molecular flexibility index (Phi) is 4.56. The van der Waals surface area contributed by atoms with Gasteiger partial charge in [-0.3, -0.25) is 4.79 Å². The van der Waals surface area contributed by atoms with Gasteiger partial charge in [0, 0.05) is 6.54 Å². The zero-order chi connectivity index (χ0) is 11.1. The molecule has 0 atom stereocenters. The third kappa shape index (κ3) is 3.95. The number of aromatic nitrogens is 1. The van der Waals surface area contributed by atoms with Gasteiger partial charge in [-0.25, -0.2) is 4.98 Å². The zero-order valence-corrected chi connectivity index (χ0v) is 8.79. The zero-order valence-electron chi connectivity index (χ0n) is 8.79. The van der Waals surface area contributed by atoms with E-state index in [1.54, 1.807) is 12.1 Å². The van der Waals surface area contributed by atoms with Crippen LogP contribution in [-0.2, 0) is 0 Å². The molecule has 0 bridgehead atoms. The lowest BCUT2D eigenvalue weighted by molar-refractivity contribution is 0.0948. The van der Waals surface area contributed by atoms with Gasteiger partial charge in [0.2, 0.25) is 0 Å². The van der Waals surface area contributed by atoms with Gasteiger partial charge in [-0.2, -0.15) is 0 Å². The van der Waals surface area contributed by atoms with Gasteiger partial charge in [0.15, 0.2) is 0 Å². The van der Waals surface area contributed by atoms with E-state index >= 15 is 0 Å². The molecule has 0 aromatic carbocycles. The molecule has 4 N–H and O–H groups in total. The standard InChI is InChI=1S/C10H16N4O/c1-12-5-2-6-13-10(15)9-4-3-8(11)7-14-9/h3-4,7,12H,2,5-6,11H2,1H3,(H,13,15). The number of rotatable bonds is 5. The largest absolute Gasteiger partial charge is 0.397 e. The van der Waals surface area contributed by atoms with E-state index in [2.05, 4.69) is 15.6 Å². The number of nitrogens with zero attached hydrogens (tertiary/aromatic N) is 1. The maximum Gasteiger partial charge on any atom is 0.269 e. The van der Waals surface area contributed by atoms with Crippen molar-refractivity contribution < 1.29 is 4.79 Å². The summed E-state index contributed by atoms with van der Waals surface area (Å²) in [6.45, 7) is 1.53. The van der Waals surface area contributed by atoms with Crippen molar-refractivity contribution in [2.24, 2.45) is 0 Å². The number of nitrogens with two attached hydrogens (primary N) is 1. The van der Waals surface area contributed by atoms with Gasteiger partial charge in [-0.15, -0.1) is 0 Å². The Bertz CT molecular complexity index is 310. The average molecular weight is 208 g/mol. The van der Waals surface area contributed by atoms with Crippen LogP contribution < -0.4 is 16.4 Å². The lowest BCUT2D eigenvalue weighted by atomic mass is 10.3. The van der Waals surface area contributed by atoms with Gasteiger partial charge >= 0.3 is 0 Å². The van der Waals surface area contributed by atoms with E-state index in [0.717, 1.165) is 13.0 Å². The van der Waals surface area contributed by atoms with E-state index in [1.165, 1.54) is 6.20 Å². The van der Waals surface area contributed by atoms with Crippen molar-refractivity contribution in [3.8, 4) is 0 Å². The molecule has 1 amide bonds. The topological polar surface area (TPSA) is 80.0 Å². The number of pyridine rings is 1. The second-order valence-electron chi connectivity index (χ2n) is 3.19. The summed E-state index contributed by atoms with van der Waals surface area (Å²) in [5, 5.41) is 5.78. The molecule has 0 aliphatic heterocycles. The molecule has 5 nitrogen and oxygen atoms in total. The Morgan fingerprint density at radius 1 is 1.47 bits per heavy atom. The molecule has 5 heteroatoms. The van der Waals surface area contributed by atoms with Crippen LogP contribution in [0, 0.1) is 0 Å². The molecule has 82 valence electrons. The highest BCUT2D eigenvalue weighted by atomic mass is 16.1. The number of nitrogen functional groups attached to an aromatic ring is 1. The second kappa shape index (κ2) is 5.98. The van der Waals surface area contributed by atoms with Crippen LogP contribution in [0.3, 0.4) is 0 Å². The number of amides is 1. The molecule has 0 radical (unpaired) electrons. The Hall–Kier alpha value is -1.62. The van der Waals surface area contributed by atoms with Crippen molar-refractivity contribution in [3.05, 3.63) is 24.0 Å². The molecule has 0 unspecified atom stereocenters. The molecule has 1 aromatic heterocycles. The van der Waals surface area contributed by atoms with Gasteiger partial charge in [0.05, 0.1) is 11.9 Å². The minimum absolute atomic E-state index is 0.161. The molecule has 1 aromatic rings. The van der Waals surface area contributed by atoms with Gasteiger partial charge in [0.25, 0.3) is 5.91 Å². The highest BCUT2D eigenvalue weighted by Crippen LogP contribution is 2.00. The van der Waals surface area contributed by atoms with Crippen LogP contribution in [0.2, 0.25) is 0 Å². The number of carbonyl (C=O) groups excluding carboxylic acids is 1. The summed E-state index contributed by atoms with van der Waals surface area (Å²) in [6, 6.07) is 3.28. The van der Waals surface area contributed by atoms with Crippen LogP contribution in [0.5, 0.6) is 0 Å². The van der Waals surface area contributed by atoms with Crippen LogP contribution in [0.15, 0.2) is 18.3 Å². The highest BCUT2D eigenvalue weighted by molar-refractivity contribution is 5.92. The van der Waals surface area contributed by atoms with Crippen LogP contribution in [0.1, 0.15) is 16.9 Å². The molecule has 0 saturated carbocycles. The van der Waals surface area contributed by atoms with Gasteiger partial charge in [0.1, 0.15) is 5.69 Å². The summed E-state index contributed by atoms with van der Waals surface area (Å²) < 4.78 is 0. The number of nitrogens with one attached hydrogen (secondary N) is 2. The Balaban J connectivity index is 2.37. The van der Waals surface area contributed by atoms with Crippen LogP contribution >= 0.6 is 0 Å². The fraction of sp³-hybridized carbons (Fsp3) is 0.400. The summed E-state index contributed by atoms with van der Waals surface area (Å²) >= 11 is 0. The molecule has 0 aliphatic carbocycles. The maximum atomic E-state index is 11.5. The smallest absolute Gasteiger partial charge is 0.269 e. The fourth-order valence-electron chi connectivity index (χ4n) is 1.10. The van der Waals surface area contributed by atoms with E-state index in [9.17, 15) is 4.79 Å². The molecule has 1 heterocycles. The highest BCUT2D eigenvalue weighted by Gasteiger charge is 2.04. The third-order valence-corrected chi connectivity index (χ3v) is 1.91. The van der Waals surface area contributed by atoms with E-state index in [4.69, 9.17) is 5.73 Å². The molecular formula is C10H16N4O. The first-order valence-electron chi connectivity index (χ1n) is 4.88. The number of carbonyl (C=O) groups is 1. The minimum Gasteiger partial charge on any atom is -0.397 e. The molecular weight excluding hydrogens is 192 g/mol. The fourth-order valence-corrected chi connectivity index (χ4v) is 1.10. The average Bonchev–Trinajstić information content (AvgIpc) is 2.25. The predicted octanol–water partition coefficient (Wildman–Crippen LogP) is 0.00310. The van der Waals surface area contributed by atoms with Crippen molar-refractivity contribution in [2.45, 2.75) is 6.42 Å². The van der Waals surface area contributed by atoms with Crippen molar-refractivity contribution in [2.75, 3.05) is 25.9 Å². The van der Waals surface area contributed by atoms with Crippen LogP contribution in [0.4, 0.5) is 5.69 Å². The lowest BCUT2D eigenvalue weighted by Crippen LogP contribution is -2.27. The van der Waals surface area contributed by atoms with Crippen molar-refractivity contribution in [1.29, 1.82) is 0 Å². The molecule has 0 spiro atoms. The summed E-state index contributed by atoms with van der Waals surface area (Å²) in [5.41, 5.74) is 6.42. The van der Waals surface area contributed by atoms with E-state index in [1.807, 2.05) is 7.05 Å². The SMILES string of the molecule is CNCCCNC(=O)c1ccc(N)cn1. The molecule has 0 aliphatic rings. The summed E-state index contributed by atoms with van der Waals surface area (Å²) in [7, 11) is 1.88. The van der Waals surface area contributed by atoms with Crippen molar-refractivity contribution >= 4 is 11.6 Å². The van der Waals surface area contributed by atoms with Gasteiger partial charge in [-0.1, -0.05) is 0 Å². The van der Waals surface area contributed by atoms with Crippen molar-refractivity contribution in [1.82, 2.24) is 15.6 Å². The van der Waals surface area contributed by atoms with Gasteiger partial charge < -0.3 is 16.4 Å². The number of hydrogen-bond acceptors (Lipinski definition) is 4. The molecule has 15 heavy (non-hydrogen) atoms. The Morgan fingerprint density at radius 2 is 2.27 bits per heavy atom. The first-order chi connectivity index (χ1) is 7.24. The first kappa shape index (κ1) is 11.5. The first-order valence-corrected chi connectivity index (χ1v) is 4.88. The predicted molar refractivity (Wildman–Crippen MR) is 59.5 cm³/mol. The molecule has 1 rings (SSSR count). The van der Waals surface area contributed by atoms with E-state index in [0.29, 0.717) is 17.9 Å². The monoisotopic (exact) mass is 208 g/mol. The number of hydrogen-bond donors (Lipinski definition) is 3. The van der Waals surface area contributed by atoms with Crippen LogP contribution in [0.25, 0.3) is 0 Å².